The molecule has 2 aromatic heterocycles. The van der Waals surface area contributed by atoms with Gasteiger partial charge >= 0.3 is 0 Å². The number of aromatic nitrogens is 2. The Morgan fingerprint density at radius 2 is 1.96 bits per heavy atom. The molecular formula is C22H19N5O. The highest BCUT2D eigenvalue weighted by Gasteiger charge is 2.19. The highest BCUT2D eigenvalue weighted by molar-refractivity contribution is 5.86. The first-order valence-electron chi connectivity index (χ1n) is 9.05. The van der Waals surface area contributed by atoms with Crippen molar-refractivity contribution in [2.45, 2.75) is 20.3 Å². The maximum Gasteiger partial charge on any atom is 0.157 e. The van der Waals surface area contributed by atoms with Gasteiger partial charge in [0, 0.05) is 0 Å². The fourth-order valence-electron chi connectivity index (χ4n) is 3.46. The van der Waals surface area contributed by atoms with Crippen molar-refractivity contribution in [3.05, 3.63) is 70.8 Å². The quantitative estimate of drug-likeness (QED) is 0.413. The lowest BCUT2D eigenvalue weighted by molar-refractivity contribution is 0.475. The number of imidazole rings is 1. The minimum absolute atomic E-state index is 0.215. The molecule has 0 spiro atoms. The van der Waals surface area contributed by atoms with Gasteiger partial charge in [0.1, 0.15) is 17.6 Å². The van der Waals surface area contributed by atoms with E-state index in [1.807, 2.05) is 35.6 Å². The lowest BCUT2D eigenvalue weighted by Gasteiger charge is -2.15. The van der Waals surface area contributed by atoms with Crippen molar-refractivity contribution >= 4 is 28.7 Å². The highest BCUT2D eigenvalue weighted by Crippen LogP contribution is 2.31. The molecule has 0 saturated carbocycles. The second-order valence-electron chi connectivity index (χ2n) is 6.51. The van der Waals surface area contributed by atoms with Gasteiger partial charge in [0.25, 0.3) is 0 Å². The topological polar surface area (TPSA) is 85.7 Å². The van der Waals surface area contributed by atoms with Crippen LogP contribution in [0.5, 0.6) is 5.75 Å². The number of para-hydroxylation sites is 2. The van der Waals surface area contributed by atoms with Crippen molar-refractivity contribution in [3.8, 4) is 11.8 Å². The van der Waals surface area contributed by atoms with Gasteiger partial charge in [-0.05, 0) is 66.4 Å². The van der Waals surface area contributed by atoms with E-state index in [0.29, 0.717) is 11.2 Å². The average molecular weight is 369 g/mol. The molecule has 0 bridgehead atoms. The Kier molecular flexibility index (Phi) is 4.42. The van der Waals surface area contributed by atoms with Gasteiger partial charge in [-0.15, -0.1) is 0 Å². The lowest BCUT2D eigenvalue weighted by atomic mass is 10.0. The van der Waals surface area contributed by atoms with Crippen LogP contribution < -0.4 is 5.43 Å². The number of nitrogens with one attached hydrogen (secondary N) is 1. The zero-order valence-corrected chi connectivity index (χ0v) is 15.6. The van der Waals surface area contributed by atoms with E-state index in [9.17, 15) is 10.4 Å². The van der Waals surface area contributed by atoms with Crippen molar-refractivity contribution in [1.29, 1.82) is 5.26 Å². The van der Waals surface area contributed by atoms with Crippen LogP contribution in [0.1, 0.15) is 29.2 Å². The van der Waals surface area contributed by atoms with Crippen LogP contribution in [0.2, 0.25) is 0 Å². The molecule has 0 radical (unpaired) electrons. The zero-order valence-electron chi connectivity index (χ0n) is 15.6. The van der Waals surface area contributed by atoms with Gasteiger partial charge in [0.2, 0.25) is 0 Å². The molecular weight excluding hydrogens is 350 g/mol. The number of benzene rings is 2. The number of nitriles is 1. The molecule has 2 aromatic carbocycles. The van der Waals surface area contributed by atoms with Crippen molar-refractivity contribution < 1.29 is 5.11 Å². The molecule has 138 valence electrons. The minimum atomic E-state index is 0.215. The van der Waals surface area contributed by atoms with Gasteiger partial charge in [0.15, 0.2) is 5.65 Å². The van der Waals surface area contributed by atoms with Gasteiger partial charge in [-0.25, -0.2) is 4.98 Å². The van der Waals surface area contributed by atoms with Crippen LogP contribution >= 0.6 is 0 Å². The number of nitrogens with zero attached hydrogens (tertiary/aromatic N) is 4. The molecule has 2 N–H and O–H groups in total. The van der Waals surface area contributed by atoms with E-state index in [1.165, 1.54) is 0 Å². The number of hydrogen-bond acceptors (Lipinski definition) is 5. The second kappa shape index (κ2) is 7.05. The van der Waals surface area contributed by atoms with Crippen LogP contribution in [0.3, 0.4) is 0 Å². The lowest BCUT2D eigenvalue weighted by Crippen LogP contribution is -2.07. The highest BCUT2D eigenvalue weighted by atomic mass is 16.3. The molecule has 4 rings (SSSR count). The number of pyridine rings is 1. The van der Waals surface area contributed by atoms with E-state index in [-0.39, 0.29) is 5.75 Å². The number of fused-ring (bicyclic) bond motifs is 3. The summed E-state index contributed by atoms with van der Waals surface area (Å²) in [6, 6.07) is 16.9. The predicted octanol–water partition coefficient (Wildman–Crippen LogP) is 4.38. The summed E-state index contributed by atoms with van der Waals surface area (Å²) in [5.41, 5.74) is 8.92. The first-order chi connectivity index (χ1) is 13.6. The number of rotatable bonds is 4. The first kappa shape index (κ1) is 17.6. The third-order valence-electron chi connectivity index (χ3n) is 4.86. The molecule has 6 heteroatoms. The van der Waals surface area contributed by atoms with Crippen LogP contribution in [0.25, 0.3) is 16.7 Å². The molecule has 0 amide bonds. The molecule has 0 aliphatic rings. The number of phenols is 1. The average Bonchev–Trinajstić information content (AvgIpc) is 3.08. The second-order valence-corrected chi connectivity index (χ2v) is 6.51. The SMILES string of the molecule is CCc1c(C)c(C#N)c2nc3ccccc3n2c1N/N=C/c1ccc(O)cc1. The Bertz CT molecular complexity index is 1250. The van der Waals surface area contributed by atoms with E-state index < -0.39 is 0 Å². The molecule has 0 saturated heterocycles. The summed E-state index contributed by atoms with van der Waals surface area (Å²) in [4.78, 5) is 4.68. The Balaban J connectivity index is 1.91. The molecule has 0 atom stereocenters. The molecule has 4 aromatic rings. The van der Waals surface area contributed by atoms with Crippen molar-refractivity contribution in [3.63, 3.8) is 0 Å². The number of anilines is 1. The summed E-state index contributed by atoms with van der Waals surface area (Å²) in [6.45, 7) is 4.01. The summed E-state index contributed by atoms with van der Waals surface area (Å²) in [7, 11) is 0. The number of phenolic OH excluding ortho intramolecular Hbond substituents is 1. The third kappa shape index (κ3) is 2.83. The number of hydrogen-bond donors (Lipinski definition) is 2. The number of aromatic hydroxyl groups is 1. The standard InChI is InChI=1S/C22H19N5O/c1-3-17-14(2)18(12-23)21-25-19-6-4-5-7-20(19)27(21)22(17)26-24-13-15-8-10-16(28)11-9-15/h4-11,13,26,28H,3H2,1-2H3/b24-13+. The van der Waals surface area contributed by atoms with Gasteiger partial charge in [-0.2, -0.15) is 10.4 Å². The van der Waals surface area contributed by atoms with Gasteiger partial charge in [0.05, 0.1) is 22.8 Å². The summed E-state index contributed by atoms with van der Waals surface area (Å²) in [5, 5.41) is 23.5. The molecule has 0 fully saturated rings. The van der Waals surface area contributed by atoms with E-state index in [0.717, 1.165) is 40.0 Å². The van der Waals surface area contributed by atoms with Gasteiger partial charge in [-0.3, -0.25) is 9.83 Å². The van der Waals surface area contributed by atoms with Crippen LogP contribution in [0.4, 0.5) is 5.82 Å². The van der Waals surface area contributed by atoms with Crippen molar-refractivity contribution in [2.24, 2.45) is 5.10 Å². The largest absolute Gasteiger partial charge is 0.508 e. The molecule has 6 nitrogen and oxygen atoms in total. The summed E-state index contributed by atoms with van der Waals surface area (Å²) < 4.78 is 1.97. The van der Waals surface area contributed by atoms with Crippen LogP contribution in [-0.2, 0) is 6.42 Å². The Morgan fingerprint density at radius 3 is 2.68 bits per heavy atom. The third-order valence-corrected chi connectivity index (χ3v) is 4.86. The Hall–Kier alpha value is -3.85. The van der Waals surface area contributed by atoms with Crippen molar-refractivity contribution in [2.75, 3.05) is 5.43 Å². The summed E-state index contributed by atoms with van der Waals surface area (Å²) in [6.07, 6.45) is 2.44. The van der Waals surface area contributed by atoms with Gasteiger partial charge in [-0.1, -0.05) is 19.1 Å². The maximum absolute atomic E-state index is 9.73. The summed E-state index contributed by atoms with van der Waals surface area (Å²) >= 11 is 0. The normalized spacial score (nSPS) is 11.3. The Labute approximate surface area is 162 Å². The van der Waals surface area contributed by atoms with Crippen LogP contribution in [0, 0.1) is 18.3 Å². The summed E-state index contributed by atoms with van der Waals surface area (Å²) in [5.74, 6) is 1.02. The fourth-order valence-corrected chi connectivity index (χ4v) is 3.46. The molecule has 2 heterocycles. The van der Waals surface area contributed by atoms with Crippen LogP contribution in [-0.4, -0.2) is 20.7 Å². The predicted molar refractivity (Wildman–Crippen MR) is 111 cm³/mol. The fraction of sp³-hybridized carbons (Fsp3) is 0.136. The minimum Gasteiger partial charge on any atom is -0.508 e. The number of hydrazone groups is 1. The van der Waals surface area contributed by atoms with E-state index in [4.69, 9.17) is 0 Å². The Morgan fingerprint density at radius 1 is 1.21 bits per heavy atom. The van der Waals surface area contributed by atoms with E-state index >= 15 is 0 Å². The molecule has 0 aliphatic carbocycles. The smallest absolute Gasteiger partial charge is 0.157 e. The van der Waals surface area contributed by atoms with Crippen LogP contribution in [0.15, 0.2) is 53.6 Å². The molecule has 0 aliphatic heterocycles. The zero-order chi connectivity index (χ0) is 19.7. The first-order valence-corrected chi connectivity index (χ1v) is 9.05. The van der Waals surface area contributed by atoms with E-state index in [1.54, 1.807) is 30.5 Å². The molecule has 28 heavy (non-hydrogen) atoms. The van der Waals surface area contributed by atoms with Gasteiger partial charge < -0.3 is 5.11 Å². The molecule has 0 unspecified atom stereocenters. The van der Waals surface area contributed by atoms with Crippen molar-refractivity contribution in [1.82, 2.24) is 9.38 Å². The van der Waals surface area contributed by atoms with E-state index in [2.05, 4.69) is 28.5 Å². The maximum atomic E-state index is 9.73. The monoisotopic (exact) mass is 369 g/mol.